The normalized spacial score (nSPS) is 11.3. The lowest BCUT2D eigenvalue weighted by atomic mass is 9.87. The first-order chi connectivity index (χ1) is 9.90. The molecule has 0 saturated heterocycles. The van der Waals surface area contributed by atoms with Crippen molar-refractivity contribution in [2.24, 2.45) is 0 Å². The molecule has 0 N–H and O–H groups in total. The second kappa shape index (κ2) is 6.52. The SMILES string of the molecule is COc1ccc(COc2ccc(C(C)(C)C)cc2)cc1Br. The van der Waals surface area contributed by atoms with E-state index in [-0.39, 0.29) is 5.41 Å². The first-order valence-electron chi connectivity index (χ1n) is 6.96. The van der Waals surface area contributed by atoms with E-state index in [2.05, 4.69) is 48.8 Å². The fraction of sp³-hybridized carbons (Fsp3) is 0.333. The van der Waals surface area contributed by atoms with Gasteiger partial charge in [0.15, 0.2) is 0 Å². The quantitative estimate of drug-likeness (QED) is 0.742. The highest BCUT2D eigenvalue weighted by Gasteiger charge is 2.13. The van der Waals surface area contributed by atoms with Gasteiger partial charge in [-0.05, 0) is 56.7 Å². The van der Waals surface area contributed by atoms with E-state index < -0.39 is 0 Å². The maximum atomic E-state index is 5.83. The molecule has 112 valence electrons. The van der Waals surface area contributed by atoms with Gasteiger partial charge in [0.25, 0.3) is 0 Å². The van der Waals surface area contributed by atoms with Crippen LogP contribution in [0.4, 0.5) is 0 Å². The third-order valence-electron chi connectivity index (χ3n) is 3.34. The van der Waals surface area contributed by atoms with Crippen LogP contribution in [0, 0.1) is 0 Å². The zero-order valence-corrected chi connectivity index (χ0v) is 14.5. The van der Waals surface area contributed by atoms with Crippen molar-refractivity contribution in [3.63, 3.8) is 0 Å². The number of hydrogen-bond donors (Lipinski definition) is 0. The molecule has 2 aromatic carbocycles. The average Bonchev–Trinajstić information content (AvgIpc) is 2.45. The van der Waals surface area contributed by atoms with Crippen LogP contribution in [-0.2, 0) is 12.0 Å². The summed E-state index contributed by atoms with van der Waals surface area (Å²) in [6.45, 7) is 7.16. The number of halogens is 1. The van der Waals surface area contributed by atoms with Gasteiger partial charge in [0.2, 0.25) is 0 Å². The predicted octanol–water partition coefficient (Wildman–Crippen LogP) is 5.33. The van der Waals surface area contributed by atoms with E-state index >= 15 is 0 Å². The lowest BCUT2D eigenvalue weighted by Gasteiger charge is -2.19. The number of benzene rings is 2. The van der Waals surface area contributed by atoms with Crippen molar-refractivity contribution in [1.29, 1.82) is 0 Å². The molecule has 0 fully saturated rings. The van der Waals surface area contributed by atoms with E-state index in [4.69, 9.17) is 9.47 Å². The molecule has 0 radical (unpaired) electrons. The van der Waals surface area contributed by atoms with Crippen LogP contribution in [0.5, 0.6) is 11.5 Å². The van der Waals surface area contributed by atoms with Crippen LogP contribution in [0.2, 0.25) is 0 Å². The molecule has 0 saturated carbocycles. The van der Waals surface area contributed by atoms with Gasteiger partial charge in [-0.2, -0.15) is 0 Å². The van der Waals surface area contributed by atoms with Gasteiger partial charge in [0, 0.05) is 0 Å². The van der Waals surface area contributed by atoms with Crippen LogP contribution in [0.3, 0.4) is 0 Å². The van der Waals surface area contributed by atoms with Gasteiger partial charge in [-0.25, -0.2) is 0 Å². The second-order valence-electron chi connectivity index (χ2n) is 6.03. The molecule has 0 aliphatic carbocycles. The Labute approximate surface area is 135 Å². The minimum Gasteiger partial charge on any atom is -0.496 e. The van der Waals surface area contributed by atoms with Crippen molar-refractivity contribution < 1.29 is 9.47 Å². The summed E-state index contributed by atoms with van der Waals surface area (Å²) in [4.78, 5) is 0. The van der Waals surface area contributed by atoms with E-state index in [1.54, 1.807) is 7.11 Å². The summed E-state index contributed by atoms with van der Waals surface area (Å²) in [5, 5.41) is 0. The molecule has 0 aromatic heterocycles. The lowest BCUT2D eigenvalue weighted by Crippen LogP contribution is -2.10. The first kappa shape index (κ1) is 15.9. The molecule has 0 heterocycles. The Bertz CT molecular complexity index is 598. The maximum Gasteiger partial charge on any atom is 0.133 e. The second-order valence-corrected chi connectivity index (χ2v) is 6.89. The van der Waals surface area contributed by atoms with Gasteiger partial charge in [-0.1, -0.05) is 39.0 Å². The molecule has 2 aromatic rings. The summed E-state index contributed by atoms with van der Waals surface area (Å²) in [7, 11) is 1.66. The van der Waals surface area contributed by atoms with Gasteiger partial charge in [-0.3, -0.25) is 0 Å². The Morgan fingerprint density at radius 2 is 1.67 bits per heavy atom. The van der Waals surface area contributed by atoms with Crippen LogP contribution in [0.1, 0.15) is 31.9 Å². The molecule has 0 aliphatic rings. The Morgan fingerprint density at radius 1 is 1.00 bits per heavy atom. The fourth-order valence-corrected chi connectivity index (χ4v) is 2.61. The Hall–Kier alpha value is -1.48. The van der Waals surface area contributed by atoms with Crippen LogP contribution >= 0.6 is 15.9 Å². The summed E-state index contributed by atoms with van der Waals surface area (Å²) >= 11 is 3.48. The van der Waals surface area contributed by atoms with E-state index in [1.165, 1.54) is 5.56 Å². The van der Waals surface area contributed by atoms with Gasteiger partial charge >= 0.3 is 0 Å². The minimum absolute atomic E-state index is 0.166. The van der Waals surface area contributed by atoms with E-state index in [0.29, 0.717) is 6.61 Å². The number of methoxy groups -OCH3 is 1. The van der Waals surface area contributed by atoms with E-state index in [1.807, 2.05) is 30.3 Å². The largest absolute Gasteiger partial charge is 0.496 e. The van der Waals surface area contributed by atoms with E-state index in [9.17, 15) is 0 Å². The van der Waals surface area contributed by atoms with Crippen molar-refractivity contribution in [3.05, 3.63) is 58.1 Å². The highest BCUT2D eigenvalue weighted by atomic mass is 79.9. The maximum absolute atomic E-state index is 5.83. The molecule has 0 aliphatic heterocycles. The Kier molecular flexibility index (Phi) is 4.94. The van der Waals surface area contributed by atoms with Crippen molar-refractivity contribution in [2.45, 2.75) is 32.8 Å². The molecule has 0 unspecified atom stereocenters. The van der Waals surface area contributed by atoms with Crippen LogP contribution in [-0.4, -0.2) is 7.11 Å². The van der Waals surface area contributed by atoms with Crippen molar-refractivity contribution in [1.82, 2.24) is 0 Å². The molecular weight excluding hydrogens is 328 g/mol. The number of hydrogen-bond acceptors (Lipinski definition) is 2. The minimum atomic E-state index is 0.166. The van der Waals surface area contributed by atoms with Gasteiger partial charge in [-0.15, -0.1) is 0 Å². The molecule has 21 heavy (non-hydrogen) atoms. The third kappa shape index (κ3) is 4.24. The standard InChI is InChI=1S/C18H21BrO2/c1-18(2,3)14-6-8-15(9-7-14)21-12-13-5-10-17(20-4)16(19)11-13/h5-11H,12H2,1-4H3. The zero-order chi connectivity index (χ0) is 15.5. The molecule has 0 amide bonds. The van der Waals surface area contributed by atoms with Crippen molar-refractivity contribution in [2.75, 3.05) is 7.11 Å². The molecule has 2 nitrogen and oxygen atoms in total. The number of rotatable bonds is 4. The van der Waals surface area contributed by atoms with Gasteiger partial charge in [0.1, 0.15) is 18.1 Å². The first-order valence-corrected chi connectivity index (χ1v) is 7.75. The Morgan fingerprint density at radius 3 is 2.19 bits per heavy atom. The van der Waals surface area contributed by atoms with Crippen molar-refractivity contribution in [3.8, 4) is 11.5 Å². The molecule has 0 atom stereocenters. The van der Waals surface area contributed by atoms with Gasteiger partial charge in [0.05, 0.1) is 11.6 Å². The topological polar surface area (TPSA) is 18.5 Å². The van der Waals surface area contributed by atoms with Crippen LogP contribution < -0.4 is 9.47 Å². The average molecular weight is 349 g/mol. The Balaban J connectivity index is 2.01. The lowest BCUT2D eigenvalue weighted by molar-refractivity contribution is 0.305. The zero-order valence-electron chi connectivity index (χ0n) is 12.9. The van der Waals surface area contributed by atoms with Crippen molar-refractivity contribution >= 4 is 15.9 Å². The summed E-state index contributed by atoms with van der Waals surface area (Å²) < 4.78 is 12.0. The van der Waals surface area contributed by atoms with E-state index in [0.717, 1.165) is 21.5 Å². The third-order valence-corrected chi connectivity index (χ3v) is 3.96. The highest BCUT2D eigenvalue weighted by Crippen LogP contribution is 2.27. The molecular formula is C18H21BrO2. The summed E-state index contributed by atoms with van der Waals surface area (Å²) in [6.07, 6.45) is 0. The fourth-order valence-electron chi connectivity index (χ4n) is 2.02. The van der Waals surface area contributed by atoms with Crippen LogP contribution in [0.15, 0.2) is 46.9 Å². The summed E-state index contributed by atoms with van der Waals surface area (Å²) in [5.74, 6) is 1.71. The number of ether oxygens (including phenoxy) is 2. The summed E-state index contributed by atoms with van der Waals surface area (Å²) in [6, 6.07) is 14.3. The molecule has 3 heteroatoms. The monoisotopic (exact) mass is 348 g/mol. The van der Waals surface area contributed by atoms with Crippen LogP contribution in [0.25, 0.3) is 0 Å². The summed E-state index contributed by atoms with van der Waals surface area (Å²) in [5.41, 5.74) is 2.57. The molecule has 2 rings (SSSR count). The highest BCUT2D eigenvalue weighted by molar-refractivity contribution is 9.10. The molecule has 0 spiro atoms. The predicted molar refractivity (Wildman–Crippen MR) is 90.2 cm³/mol. The molecule has 0 bridgehead atoms. The van der Waals surface area contributed by atoms with Gasteiger partial charge < -0.3 is 9.47 Å². The smallest absolute Gasteiger partial charge is 0.133 e.